The van der Waals surface area contributed by atoms with Gasteiger partial charge in [-0.2, -0.15) is 26.3 Å². The molecule has 0 bridgehead atoms. The molecule has 2 rings (SSSR count). The molecule has 0 aromatic rings. The van der Waals surface area contributed by atoms with E-state index in [9.17, 15) is 26.3 Å². The maximum absolute atomic E-state index is 14.0. The summed E-state index contributed by atoms with van der Waals surface area (Å²) in [5.74, 6) is -0.947. The number of hydrogen-bond acceptors (Lipinski definition) is 0. The van der Waals surface area contributed by atoms with Gasteiger partial charge in [-0.15, -0.1) is 0 Å². The van der Waals surface area contributed by atoms with E-state index in [-0.39, 0.29) is 11.5 Å². The Balaban J connectivity index is 2.81. The van der Waals surface area contributed by atoms with Gasteiger partial charge < -0.3 is 0 Å². The molecule has 0 radical (unpaired) electrons. The normalized spacial score (nSPS) is 25.1. The summed E-state index contributed by atoms with van der Waals surface area (Å²) in [5, 5.41) is 0. The second-order valence-corrected chi connectivity index (χ2v) is 6.39. The molecular formula is C19H18F6. The molecule has 2 atom stereocenters. The van der Waals surface area contributed by atoms with E-state index in [0.29, 0.717) is 5.57 Å². The van der Waals surface area contributed by atoms with Crippen molar-refractivity contribution in [1.82, 2.24) is 0 Å². The van der Waals surface area contributed by atoms with E-state index in [4.69, 9.17) is 0 Å². The Hall–Kier alpha value is -1.98. The van der Waals surface area contributed by atoms with E-state index in [1.165, 1.54) is 19.1 Å². The highest BCUT2D eigenvalue weighted by Gasteiger charge is 2.73. The molecule has 2 unspecified atom stereocenters. The standard InChI is InChI=1S/C19H18F6/c1-11-5-7-15(9-13(11)3)17(18(20,21)22,19(23,24)25)16-8-6-12(2)14(4)10-16/h5-10,12-13H,1,4H2,2-3H3. The molecule has 0 heterocycles. The van der Waals surface area contributed by atoms with Crippen molar-refractivity contribution in [2.75, 3.05) is 0 Å². The number of rotatable bonds is 2. The average molecular weight is 360 g/mol. The summed E-state index contributed by atoms with van der Waals surface area (Å²) >= 11 is 0. The van der Waals surface area contributed by atoms with Crippen LogP contribution in [-0.4, -0.2) is 12.4 Å². The SMILES string of the molecule is C=C1C=C(C(C2=CC(C)C(=C)C=C2)(C(F)(F)F)C(F)(F)F)C=CC1C. The zero-order valence-corrected chi connectivity index (χ0v) is 13.8. The van der Waals surface area contributed by atoms with Gasteiger partial charge in [0, 0.05) is 0 Å². The first-order chi connectivity index (χ1) is 11.3. The van der Waals surface area contributed by atoms with E-state index >= 15 is 0 Å². The Kier molecular flexibility index (Phi) is 4.70. The fraction of sp³-hybridized carbons (Fsp3) is 0.368. The molecule has 0 aromatic carbocycles. The topological polar surface area (TPSA) is 0 Å². The van der Waals surface area contributed by atoms with Gasteiger partial charge in [0.1, 0.15) is 0 Å². The van der Waals surface area contributed by atoms with Gasteiger partial charge in [-0.05, 0) is 34.1 Å². The van der Waals surface area contributed by atoms with Crippen LogP contribution in [0.15, 0.2) is 71.9 Å². The van der Waals surface area contributed by atoms with Crippen LogP contribution in [0.3, 0.4) is 0 Å². The third-order valence-corrected chi connectivity index (χ3v) is 4.70. The zero-order valence-electron chi connectivity index (χ0n) is 13.8. The van der Waals surface area contributed by atoms with E-state index in [1.807, 2.05) is 0 Å². The van der Waals surface area contributed by atoms with Crippen LogP contribution in [0, 0.1) is 17.3 Å². The van der Waals surface area contributed by atoms with Gasteiger partial charge in [-0.1, -0.05) is 63.5 Å². The lowest BCUT2D eigenvalue weighted by atomic mass is 9.67. The third-order valence-electron chi connectivity index (χ3n) is 4.70. The van der Waals surface area contributed by atoms with Gasteiger partial charge >= 0.3 is 12.4 Å². The lowest BCUT2D eigenvalue weighted by Crippen LogP contribution is -2.52. The smallest absolute Gasteiger partial charge is 0.169 e. The predicted octanol–water partition coefficient (Wildman–Crippen LogP) is 6.47. The largest absolute Gasteiger partial charge is 0.411 e. The molecule has 25 heavy (non-hydrogen) atoms. The molecule has 0 N–H and O–H groups in total. The molecule has 0 aliphatic heterocycles. The summed E-state index contributed by atoms with van der Waals surface area (Å²) in [6.07, 6.45) is -4.99. The van der Waals surface area contributed by atoms with Gasteiger partial charge in [0.25, 0.3) is 0 Å². The quantitative estimate of drug-likeness (QED) is 0.495. The molecule has 2 aliphatic carbocycles. The van der Waals surface area contributed by atoms with Crippen LogP contribution < -0.4 is 0 Å². The number of allylic oxidation sites excluding steroid dienone is 10. The van der Waals surface area contributed by atoms with Crippen molar-refractivity contribution < 1.29 is 26.3 Å². The molecule has 136 valence electrons. The van der Waals surface area contributed by atoms with Crippen molar-refractivity contribution in [2.24, 2.45) is 17.3 Å². The number of alkyl halides is 6. The minimum Gasteiger partial charge on any atom is -0.169 e. The number of halogens is 6. The fourth-order valence-electron chi connectivity index (χ4n) is 3.00. The van der Waals surface area contributed by atoms with Crippen molar-refractivity contribution in [2.45, 2.75) is 26.2 Å². The lowest BCUT2D eigenvalue weighted by molar-refractivity contribution is -0.308. The lowest BCUT2D eigenvalue weighted by Gasteiger charge is -2.41. The van der Waals surface area contributed by atoms with Crippen LogP contribution in [0.4, 0.5) is 26.3 Å². The first-order valence-electron chi connectivity index (χ1n) is 7.64. The zero-order chi connectivity index (χ0) is 19.2. The molecule has 0 aromatic heterocycles. The van der Waals surface area contributed by atoms with Gasteiger partial charge in [0.15, 0.2) is 0 Å². The highest BCUT2D eigenvalue weighted by Crippen LogP contribution is 2.61. The maximum Gasteiger partial charge on any atom is 0.411 e. The van der Waals surface area contributed by atoms with Crippen molar-refractivity contribution >= 4 is 0 Å². The molecule has 0 saturated carbocycles. The molecule has 2 aliphatic rings. The Morgan fingerprint density at radius 3 is 1.76 bits per heavy atom. The van der Waals surface area contributed by atoms with E-state index < -0.39 is 34.8 Å². The van der Waals surface area contributed by atoms with Gasteiger partial charge in [-0.25, -0.2) is 0 Å². The van der Waals surface area contributed by atoms with Gasteiger partial charge in [0.2, 0.25) is 5.41 Å². The van der Waals surface area contributed by atoms with E-state index in [1.54, 1.807) is 6.92 Å². The monoisotopic (exact) mass is 360 g/mol. The van der Waals surface area contributed by atoms with Crippen LogP contribution in [0.2, 0.25) is 0 Å². The summed E-state index contributed by atoms with van der Waals surface area (Å²) in [6, 6.07) is 0. The second kappa shape index (κ2) is 6.07. The highest BCUT2D eigenvalue weighted by atomic mass is 19.4. The minimum absolute atomic E-state index is 0.202. The van der Waals surface area contributed by atoms with Gasteiger partial charge in [0.05, 0.1) is 0 Å². The summed E-state index contributed by atoms with van der Waals surface area (Å²) in [6.45, 7) is 10.4. The molecule has 0 fully saturated rings. The number of hydrogen-bond donors (Lipinski definition) is 0. The summed E-state index contributed by atoms with van der Waals surface area (Å²) in [4.78, 5) is 0. The predicted molar refractivity (Wildman–Crippen MR) is 85.6 cm³/mol. The molecule has 0 nitrogen and oxygen atoms in total. The molecule has 0 spiro atoms. The van der Waals surface area contributed by atoms with Crippen LogP contribution in [0.1, 0.15) is 13.8 Å². The van der Waals surface area contributed by atoms with Crippen molar-refractivity contribution in [3.8, 4) is 0 Å². The third kappa shape index (κ3) is 3.02. The van der Waals surface area contributed by atoms with Gasteiger partial charge in [-0.3, -0.25) is 0 Å². The summed E-state index contributed by atoms with van der Waals surface area (Å²) in [5.41, 5.74) is -5.16. The maximum atomic E-state index is 14.0. The molecular weight excluding hydrogens is 342 g/mol. The van der Waals surface area contributed by atoms with Crippen molar-refractivity contribution in [3.63, 3.8) is 0 Å². The molecule has 6 heteroatoms. The van der Waals surface area contributed by atoms with Crippen molar-refractivity contribution in [3.05, 3.63) is 71.9 Å². The fourth-order valence-corrected chi connectivity index (χ4v) is 3.00. The molecule has 0 amide bonds. The Bertz CT molecular complexity index is 695. The first-order valence-corrected chi connectivity index (χ1v) is 7.64. The van der Waals surface area contributed by atoms with Crippen LogP contribution in [0.25, 0.3) is 0 Å². The summed E-state index contributed by atoms with van der Waals surface area (Å²) < 4.78 is 83.8. The first kappa shape index (κ1) is 19.3. The Morgan fingerprint density at radius 1 is 0.760 bits per heavy atom. The van der Waals surface area contributed by atoms with Crippen LogP contribution >= 0.6 is 0 Å². The van der Waals surface area contributed by atoms with E-state index in [2.05, 4.69) is 13.2 Å². The highest BCUT2D eigenvalue weighted by molar-refractivity contribution is 5.53. The Morgan fingerprint density at radius 2 is 1.32 bits per heavy atom. The summed E-state index contributed by atoms with van der Waals surface area (Å²) in [7, 11) is 0. The average Bonchev–Trinajstić information content (AvgIpc) is 2.44. The van der Waals surface area contributed by atoms with E-state index in [0.717, 1.165) is 24.3 Å². The van der Waals surface area contributed by atoms with Crippen LogP contribution in [-0.2, 0) is 0 Å². The minimum atomic E-state index is -5.57. The molecule has 0 saturated heterocycles. The van der Waals surface area contributed by atoms with Crippen LogP contribution in [0.5, 0.6) is 0 Å². The Labute approximate surface area is 142 Å². The second-order valence-electron chi connectivity index (χ2n) is 6.39. The van der Waals surface area contributed by atoms with Crippen molar-refractivity contribution in [1.29, 1.82) is 0 Å².